The van der Waals surface area contributed by atoms with Gasteiger partial charge in [-0.15, -0.1) is 0 Å². The molecule has 5 heteroatoms. The highest BCUT2D eigenvalue weighted by Crippen LogP contribution is 2.02. The maximum absolute atomic E-state index is 10.7. The molecule has 0 spiro atoms. The largest absolute Gasteiger partial charge is 0.368 e. The molecule has 0 saturated carbocycles. The molecule has 0 aromatic heterocycles. The van der Waals surface area contributed by atoms with Gasteiger partial charge in [0.25, 0.3) is 0 Å². The van der Waals surface area contributed by atoms with Gasteiger partial charge in [0.05, 0.1) is 6.04 Å². The van der Waals surface area contributed by atoms with E-state index in [9.17, 15) is 4.79 Å². The molecule has 0 saturated heterocycles. The third kappa shape index (κ3) is 6.91. The second-order valence-corrected chi connectivity index (χ2v) is 4.79. The van der Waals surface area contributed by atoms with Crippen LogP contribution in [0, 0.1) is 0 Å². The van der Waals surface area contributed by atoms with E-state index in [2.05, 4.69) is 41.5 Å². The van der Waals surface area contributed by atoms with Crippen LogP contribution in [0.1, 0.15) is 12.0 Å². The number of hydrogen-bond donors (Lipinski definition) is 3. The Labute approximate surface area is 115 Å². The molecule has 1 rings (SSSR count). The second kappa shape index (κ2) is 8.63. The summed E-state index contributed by atoms with van der Waals surface area (Å²) < 4.78 is 0. The summed E-state index contributed by atoms with van der Waals surface area (Å²) in [7, 11) is 2.10. The van der Waals surface area contributed by atoms with Crippen LogP contribution in [0.15, 0.2) is 30.3 Å². The number of amides is 1. The van der Waals surface area contributed by atoms with Crippen LogP contribution < -0.4 is 16.8 Å². The first-order valence-corrected chi connectivity index (χ1v) is 6.57. The van der Waals surface area contributed by atoms with Crippen molar-refractivity contribution >= 4 is 5.91 Å². The Hall–Kier alpha value is -1.43. The van der Waals surface area contributed by atoms with Crippen LogP contribution in [0.2, 0.25) is 0 Å². The van der Waals surface area contributed by atoms with E-state index in [0.717, 1.165) is 26.1 Å². The fourth-order valence-corrected chi connectivity index (χ4v) is 1.81. The van der Waals surface area contributed by atoms with Crippen LogP contribution in [0.4, 0.5) is 0 Å². The summed E-state index contributed by atoms with van der Waals surface area (Å²) in [5, 5.41) is 3.13. The Balaban J connectivity index is 2.08. The SMILES string of the molecule is CN(CCCNCC(N)C(N)=O)Cc1ccccc1. The normalized spacial score (nSPS) is 12.6. The summed E-state index contributed by atoms with van der Waals surface area (Å²) in [5.41, 5.74) is 11.9. The first-order valence-electron chi connectivity index (χ1n) is 6.57. The zero-order valence-corrected chi connectivity index (χ0v) is 11.5. The minimum atomic E-state index is -0.595. The number of hydrogen-bond acceptors (Lipinski definition) is 4. The number of nitrogens with zero attached hydrogens (tertiary/aromatic N) is 1. The van der Waals surface area contributed by atoms with Crippen LogP contribution >= 0.6 is 0 Å². The third-order valence-electron chi connectivity index (χ3n) is 2.92. The van der Waals surface area contributed by atoms with Crippen molar-refractivity contribution in [3.63, 3.8) is 0 Å². The van der Waals surface area contributed by atoms with Crippen molar-refractivity contribution in [2.45, 2.75) is 19.0 Å². The molecule has 5 N–H and O–H groups in total. The fourth-order valence-electron chi connectivity index (χ4n) is 1.81. The molecule has 5 nitrogen and oxygen atoms in total. The zero-order chi connectivity index (χ0) is 14.1. The van der Waals surface area contributed by atoms with Gasteiger partial charge in [0, 0.05) is 13.1 Å². The number of primary amides is 1. The van der Waals surface area contributed by atoms with Gasteiger partial charge in [0.1, 0.15) is 0 Å². The maximum atomic E-state index is 10.7. The van der Waals surface area contributed by atoms with Gasteiger partial charge < -0.3 is 21.7 Å². The lowest BCUT2D eigenvalue weighted by Gasteiger charge is -2.17. The monoisotopic (exact) mass is 264 g/mol. The third-order valence-corrected chi connectivity index (χ3v) is 2.92. The number of carbonyl (C=O) groups excluding carboxylic acids is 1. The molecule has 1 amide bonds. The van der Waals surface area contributed by atoms with Crippen LogP contribution in [-0.2, 0) is 11.3 Å². The minimum absolute atomic E-state index is 0.442. The van der Waals surface area contributed by atoms with Gasteiger partial charge in [0.2, 0.25) is 5.91 Å². The second-order valence-electron chi connectivity index (χ2n) is 4.79. The van der Waals surface area contributed by atoms with Gasteiger partial charge in [-0.05, 0) is 32.1 Å². The minimum Gasteiger partial charge on any atom is -0.368 e. The highest BCUT2D eigenvalue weighted by atomic mass is 16.1. The van der Waals surface area contributed by atoms with E-state index in [0.29, 0.717) is 6.54 Å². The number of rotatable bonds is 9. The summed E-state index contributed by atoms with van der Waals surface area (Å²) in [6.07, 6.45) is 1.01. The van der Waals surface area contributed by atoms with Gasteiger partial charge >= 0.3 is 0 Å². The van der Waals surface area contributed by atoms with Crippen LogP contribution in [0.5, 0.6) is 0 Å². The topological polar surface area (TPSA) is 84.4 Å². The average molecular weight is 264 g/mol. The van der Waals surface area contributed by atoms with Crippen molar-refractivity contribution in [3.8, 4) is 0 Å². The molecule has 0 radical (unpaired) electrons. The van der Waals surface area contributed by atoms with Crippen molar-refractivity contribution in [3.05, 3.63) is 35.9 Å². The number of benzene rings is 1. The molecule has 0 aliphatic carbocycles. The molecule has 0 heterocycles. The standard InChI is InChI=1S/C14H24N4O/c1-18(11-12-6-3-2-4-7-12)9-5-8-17-10-13(15)14(16)19/h2-4,6-7,13,17H,5,8-11,15H2,1H3,(H2,16,19). The van der Waals surface area contributed by atoms with E-state index >= 15 is 0 Å². The van der Waals surface area contributed by atoms with Gasteiger partial charge in [-0.1, -0.05) is 30.3 Å². The predicted molar refractivity (Wildman–Crippen MR) is 77.4 cm³/mol. The summed E-state index contributed by atoms with van der Waals surface area (Å²) in [5.74, 6) is -0.464. The highest BCUT2D eigenvalue weighted by Gasteiger charge is 2.07. The van der Waals surface area contributed by atoms with Gasteiger partial charge in [0.15, 0.2) is 0 Å². The first-order chi connectivity index (χ1) is 9.09. The van der Waals surface area contributed by atoms with Gasteiger partial charge in [-0.3, -0.25) is 4.79 Å². The summed E-state index contributed by atoms with van der Waals surface area (Å²) in [4.78, 5) is 13.0. The summed E-state index contributed by atoms with van der Waals surface area (Å²) in [6, 6.07) is 9.78. The smallest absolute Gasteiger partial charge is 0.235 e. The van der Waals surface area contributed by atoms with E-state index < -0.39 is 11.9 Å². The molecule has 1 atom stereocenters. The van der Waals surface area contributed by atoms with Crippen LogP contribution in [0.25, 0.3) is 0 Å². The maximum Gasteiger partial charge on any atom is 0.235 e. The summed E-state index contributed by atoms with van der Waals surface area (Å²) in [6.45, 7) is 3.22. The average Bonchev–Trinajstić information content (AvgIpc) is 2.39. The number of carbonyl (C=O) groups is 1. The molecule has 1 unspecified atom stereocenters. The quantitative estimate of drug-likeness (QED) is 0.544. The van der Waals surface area contributed by atoms with E-state index in [4.69, 9.17) is 11.5 Å². The van der Waals surface area contributed by atoms with Gasteiger partial charge in [-0.2, -0.15) is 0 Å². The Kier molecular flexibility index (Phi) is 7.10. The molecule has 106 valence electrons. The van der Waals surface area contributed by atoms with Gasteiger partial charge in [-0.25, -0.2) is 0 Å². The van der Waals surface area contributed by atoms with Crippen molar-refractivity contribution in [2.75, 3.05) is 26.7 Å². The molecule has 19 heavy (non-hydrogen) atoms. The van der Waals surface area contributed by atoms with Crippen LogP contribution in [-0.4, -0.2) is 43.5 Å². The first kappa shape index (κ1) is 15.6. The zero-order valence-electron chi connectivity index (χ0n) is 11.5. The number of nitrogens with one attached hydrogen (secondary N) is 1. The molecular weight excluding hydrogens is 240 g/mol. The molecule has 0 aliphatic heterocycles. The predicted octanol–water partition coefficient (Wildman–Crippen LogP) is -0.0893. The Morgan fingerprint density at radius 3 is 2.68 bits per heavy atom. The molecule has 0 aliphatic rings. The fraction of sp³-hybridized carbons (Fsp3) is 0.500. The van der Waals surface area contributed by atoms with Crippen LogP contribution in [0.3, 0.4) is 0 Å². The lowest BCUT2D eigenvalue weighted by Crippen LogP contribution is -2.44. The Morgan fingerprint density at radius 1 is 1.37 bits per heavy atom. The highest BCUT2D eigenvalue weighted by molar-refractivity contribution is 5.79. The van der Waals surface area contributed by atoms with Crippen molar-refractivity contribution in [1.82, 2.24) is 10.2 Å². The van der Waals surface area contributed by atoms with E-state index in [1.165, 1.54) is 5.56 Å². The lowest BCUT2D eigenvalue weighted by molar-refractivity contribution is -0.119. The Bertz CT molecular complexity index is 369. The summed E-state index contributed by atoms with van der Waals surface area (Å²) >= 11 is 0. The molecule has 1 aromatic carbocycles. The van der Waals surface area contributed by atoms with Crippen molar-refractivity contribution in [1.29, 1.82) is 0 Å². The molecule has 1 aromatic rings. The Morgan fingerprint density at radius 2 is 2.05 bits per heavy atom. The van der Waals surface area contributed by atoms with E-state index in [1.54, 1.807) is 0 Å². The molecular formula is C14H24N4O. The lowest BCUT2D eigenvalue weighted by atomic mass is 10.2. The van der Waals surface area contributed by atoms with Crippen molar-refractivity contribution in [2.24, 2.45) is 11.5 Å². The molecule has 0 bridgehead atoms. The number of nitrogens with two attached hydrogens (primary N) is 2. The van der Waals surface area contributed by atoms with E-state index in [-0.39, 0.29) is 0 Å². The van der Waals surface area contributed by atoms with Crippen molar-refractivity contribution < 1.29 is 4.79 Å². The molecule has 0 fully saturated rings. The van der Waals surface area contributed by atoms with E-state index in [1.807, 2.05) is 6.07 Å².